The first-order chi connectivity index (χ1) is 14.8. The molecule has 0 spiro atoms. The number of benzene rings is 1. The minimum Gasteiger partial charge on any atom is -0.609 e. The Labute approximate surface area is 184 Å². The van der Waals surface area contributed by atoms with Gasteiger partial charge in [-0.05, 0) is 24.2 Å². The van der Waals surface area contributed by atoms with Gasteiger partial charge in [-0.1, -0.05) is 24.7 Å². The van der Waals surface area contributed by atoms with Gasteiger partial charge < -0.3 is 9.29 Å². The average Bonchev–Trinajstić information content (AvgIpc) is 3.40. The first-order valence-corrected chi connectivity index (χ1v) is 15.2. The van der Waals surface area contributed by atoms with Crippen LogP contribution in [0.1, 0.15) is 0 Å². The second-order valence-electron chi connectivity index (χ2n) is 8.42. The maximum Gasteiger partial charge on any atom is 0.361 e. The highest BCUT2D eigenvalue weighted by Gasteiger charge is 2.18. The van der Waals surface area contributed by atoms with Crippen molar-refractivity contribution in [3.63, 3.8) is 0 Å². The Kier molecular flexibility index (Phi) is 6.19. The van der Waals surface area contributed by atoms with E-state index < -0.39 is 19.2 Å². The first-order valence-electron chi connectivity index (χ1n) is 9.93. The van der Waals surface area contributed by atoms with Gasteiger partial charge in [0.25, 0.3) is 0 Å². The van der Waals surface area contributed by atoms with E-state index >= 15 is 0 Å². The van der Waals surface area contributed by atoms with Crippen LogP contribution in [0.5, 0.6) is 0 Å². The zero-order chi connectivity index (χ0) is 22.0. The van der Waals surface area contributed by atoms with Crippen LogP contribution < -0.4 is 0 Å². The van der Waals surface area contributed by atoms with Crippen LogP contribution in [0.3, 0.4) is 0 Å². The van der Waals surface area contributed by atoms with E-state index in [1.807, 2.05) is 29.1 Å². The lowest BCUT2D eigenvalue weighted by Gasteiger charge is -2.16. The molecule has 0 aliphatic heterocycles. The van der Waals surface area contributed by atoms with Crippen molar-refractivity contribution in [1.82, 2.24) is 34.7 Å². The Morgan fingerprint density at radius 2 is 1.97 bits per heavy atom. The van der Waals surface area contributed by atoms with Crippen LogP contribution in [0.25, 0.3) is 27.8 Å². The second-order valence-corrected chi connectivity index (χ2v) is 15.3. The summed E-state index contributed by atoms with van der Waals surface area (Å²) in [5.41, 5.74) is 3.21. The van der Waals surface area contributed by atoms with E-state index in [0.717, 1.165) is 28.2 Å². The molecular formula is C20H25N7O2SSi. The summed E-state index contributed by atoms with van der Waals surface area (Å²) in [7, 11) is -1.17. The monoisotopic (exact) mass is 455 g/mol. The van der Waals surface area contributed by atoms with Crippen LogP contribution in [-0.4, -0.2) is 60.2 Å². The minimum absolute atomic E-state index is 0.208. The van der Waals surface area contributed by atoms with Crippen molar-refractivity contribution in [1.29, 1.82) is 0 Å². The van der Waals surface area contributed by atoms with Gasteiger partial charge in [0.15, 0.2) is 0 Å². The van der Waals surface area contributed by atoms with Crippen LogP contribution >= 0.6 is 0 Å². The fourth-order valence-electron chi connectivity index (χ4n) is 3.15. The fraction of sp³-hybridized carbons (Fsp3) is 0.350. The summed E-state index contributed by atoms with van der Waals surface area (Å²) in [6, 6.07) is 6.89. The average molecular weight is 456 g/mol. The molecule has 0 N–H and O–H groups in total. The van der Waals surface area contributed by atoms with E-state index in [-0.39, 0.29) is 5.16 Å². The highest BCUT2D eigenvalue weighted by molar-refractivity contribution is 7.90. The third-order valence-corrected chi connectivity index (χ3v) is 7.22. The van der Waals surface area contributed by atoms with E-state index in [1.165, 1.54) is 6.26 Å². The van der Waals surface area contributed by atoms with Crippen molar-refractivity contribution < 1.29 is 9.29 Å². The van der Waals surface area contributed by atoms with Crippen LogP contribution in [0.4, 0.5) is 0 Å². The molecule has 0 amide bonds. The van der Waals surface area contributed by atoms with Crippen molar-refractivity contribution >= 4 is 30.2 Å². The summed E-state index contributed by atoms with van der Waals surface area (Å²) in [6.45, 7) is 8.05. The number of hydrogen-bond acceptors (Lipinski definition) is 7. The van der Waals surface area contributed by atoms with Crippen molar-refractivity contribution in [2.75, 3.05) is 12.9 Å². The normalized spacial score (nSPS) is 13.1. The highest BCUT2D eigenvalue weighted by atomic mass is 32.2. The molecule has 0 saturated carbocycles. The molecule has 0 aliphatic rings. The predicted molar refractivity (Wildman–Crippen MR) is 122 cm³/mol. The summed E-state index contributed by atoms with van der Waals surface area (Å²) in [6.07, 6.45) is 8.55. The molecule has 1 unspecified atom stereocenters. The number of ether oxygens (including phenoxy) is 1. The number of hydrogen-bond donors (Lipinski definition) is 0. The first kappa shape index (κ1) is 21.6. The molecule has 3 aromatic heterocycles. The molecule has 11 heteroatoms. The van der Waals surface area contributed by atoms with Crippen molar-refractivity contribution in [2.45, 2.75) is 37.6 Å². The molecule has 9 nitrogen and oxygen atoms in total. The third-order valence-electron chi connectivity index (χ3n) is 4.81. The lowest BCUT2D eigenvalue weighted by atomic mass is 10.1. The fourth-order valence-corrected chi connectivity index (χ4v) is 4.26. The zero-order valence-electron chi connectivity index (χ0n) is 18.0. The van der Waals surface area contributed by atoms with Gasteiger partial charge in [0.2, 0.25) is 0 Å². The Hall–Kier alpha value is -2.60. The maximum atomic E-state index is 11.6. The topological polar surface area (TPSA) is 107 Å². The van der Waals surface area contributed by atoms with Gasteiger partial charge >= 0.3 is 5.16 Å². The van der Waals surface area contributed by atoms with Gasteiger partial charge in [-0.15, -0.1) is 5.10 Å². The Bertz CT molecular complexity index is 1150. The molecule has 1 atom stereocenters. The SMILES string of the molecule is C[S+]([O-])c1ncc(-c2ccc(-n3cccn3)c3c2cnn3COCC[Si](C)(C)C)nn1. The molecule has 0 aliphatic carbocycles. The third kappa shape index (κ3) is 4.84. The zero-order valence-corrected chi connectivity index (χ0v) is 19.8. The Balaban J connectivity index is 1.73. The van der Waals surface area contributed by atoms with E-state index in [2.05, 4.69) is 45.0 Å². The summed E-state index contributed by atoms with van der Waals surface area (Å²) >= 11 is -1.28. The van der Waals surface area contributed by atoms with Gasteiger partial charge in [0.1, 0.15) is 18.7 Å². The summed E-state index contributed by atoms with van der Waals surface area (Å²) < 4.78 is 21.2. The lowest BCUT2D eigenvalue weighted by Crippen LogP contribution is -2.22. The molecule has 0 fully saturated rings. The molecule has 4 aromatic rings. The van der Waals surface area contributed by atoms with Gasteiger partial charge in [-0.25, -0.2) is 9.36 Å². The highest BCUT2D eigenvalue weighted by Crippen LogP contribution is 2.31. The molecule has 0 saturated heterocycles. The minimum atomic E-state index is -1.28. The smallest absolute Gasteiger partial charge is 0.361 e. The van der Waals surface area contributed by atoms with Crippen LogP contribution in [-0.2, 0) is 22.6 Å². The van der Waals surface area contributed by atoms with E-state index in [9.17, 15) is 4.55 Å². The summed E-state index contributed by atoms with van der Waals surface area (Å²) in [4.78, 5) is 4.18. The molecule has 162 valence electrons. The van der Waals surface area contributed by atoms with Crippen LogP contribution in [0, 0.1) is 0 Å². The molecular weight excluding hydrogens is 430 g/mol. The molecule has 0 bridgehead atoms. The second kappa shape index (κ2) is 8.87. The maximum absolute atomic E-state index is 11.6. The lowest BCUT2D eigenvalue weighted by molar-refractivity contribution is 0.0817. The standard InChI is InChI=1S/C20H25N7O2SSi/c1-30(28)20-21-13-17(24-25-20)15-6-7-18(26-9-5-8-22-26)19-16(15)12-23-27(19)14-29-10-11-31(2,3)4/h5-9,12-13H,10-11,14H2,1-4H3. The van der Waals surface area contributed by atoms with Crippen molar-refractivity contribution in [3.05, 3.63) is 43.0 Å². The Morgan fingerprint density at radius 3 is 2.61 bits per heavy atom. The van der Waals surface area contributed by atoms with Gasteiger partial charge in [0, 0.05) is 49.2 Å². The number of aromatic nitrogens is 7. The molecule has 4 rings (SSSR count). The van der Waals surface area contributed by atoms with Crippen molar-refractivity contribution in [2.24, 2.45) is 0 Å². The van der Waals surface area contributed by atoms with Gasteiger partial charge in [0.05, 0.1) is 23.6 Å². The van der Waals surface area contributed by atoms with Gasteiger partial charge in [-0.3, -0.25) is 0 Å². The molecule has 31 heavy (non-hydrogen) atoms. The summed E-state index contributed by atoms with van der Waals surface area (Å²) in [5, 5.41) is 18.3. The molecule has 3 heterocycles. The largest absolute Gasteiger partial charge is 0.609 e. The van der Waals surface area contributed by atoms with Crippen molar-refractivity contribution in [3.8, 4) is 16.9 Å². The van der Waals surface area contributed by atoms with Crippen LogP contribution in [0.2, 0.25) is 25.7 Å². The molecule has 0 radical (unpaired) electrons. The van der Waals surface area contributed by atoms with E-state index in [4.69, 9.17) is 4.74 Å². The van der Waals surface area contributed by atoms with Gasteiger partial charge in [-0.2, -0.15) is 15.2 Å². The predicted octanol–water partition coefficient (Wildman–Crippen LogP) is 3.12. The summed E-state index contributed by atoms with van der Waals surface area (Å²) in [5.74, 6) is 0. The quantitative estimate of drug-likeness (QED) is 0.228. The molecule has 1 aromatic carbocycles. The number of nitrogens with zero attached hydrogens (tertiary/aromatic N) is 7. The Morgan fingerprint density at radius 1 is 1.13 bits per heavy atom. The van der Waals surface area contributed by atoms with E-state index in [1.54, 1.807) is 23.3 Å². The number of rotatable bonds is 8. The number of fused-ring (bicyclic) bond motifs is 1. The van der Waals surface area contributed by atoms with Crippen LogP contribution in [0.15, 0.2) is 48.1 Å². The van der Waals surface area contributed by atoms with E-state index in [0.29, 0.717) is 19.0 Å².